The maximum Gasteiger partial charge on any atom is 0.122 e. The van der Waals surface area contributed by atoms with Gasteiger partial charge in [0, 0.05) is 11.4 Å². The van der Waals surface area contributed by atoms with E-state index < -0.39 is 0 Å². The number of hydrogen-bond acceptors (Lipinski definition) is 3. The second kappa shape index (κ2) is 8.14. The van der Waals surface area contributed by atoms with Crippen LogP contribution >= 0.6 is 23.7 Å². The number of para-hydroxylation sites is 1. The summed E-state index contributed by atoms with van der Waals surface area (Å²) in [4.78, 5) is 1.38. The Morgan fingerprint density at radius 1 is 1.17 bits per heavy atom. The van der Waals surface area contributed by atoms with Crippen molar-refractivity contribution >= 4 is 23.7 Å². The summed E-state index contributed by atoms with van der Waals surface area (Å²) < 4.78 is 5.32. The zero-order valence-electron chi connectivity index (χ0n) is 10.4. The number of nitrogens with one attached hydrogen (secondary N) is 1. The Hall–Kier alpha value is -1.03. The van der Waals surface area contributed by atoms with Gasteiger partial charge >= 0.3 is 0 Å². The third kappa shape index (κ3) is 4.33. The molecule has 0 atom stereocenters. The van der Waals surface area contributed by atoms with Crippen LogP contribution in [0.15, 0.2) is 41.8 Å². The van der Waals surface area contributed by atoms with E-state index in [1.165, 1.54) is 10.4 Å². The topological polar surface area (TPSA) is 21.3 Å². The Bertz CT molecular complexity index is 445. The molecule has 4 heteroatoms. The Balaban J connectivity index is 0.00000162. The lowest BCUT2D eigenvalue weighted by Gasteiger charge is -2.08. The molecule has 0 fully saturated rings. The van der Waals surface area contributed by atoms with Gasteiger partial charge in [0.2, 0.25) is 0 Å². The fourth-order valence-corrected chi connectivity index (χ4v) is 2.43. The predicted molar refractivity (Wildman–Crippen MR) is 80.0 cm³/mol. The Morgan fingerprint density at radius 3 is 2.72 bits per heavy atom. The minimum absolute atomic E-state index is 0. The van der Waals surface area contributed by atoms with Gasteiger partial charge in [-0.3, -0.25) is 0 Å². The molecule has 0 aliphatic heterocycles. The maximum atomic E-state index is 5.32. The zero-order chi connectivity index (χ0) is 11.9. The van der Waals surface area contributed by atoms with Crippen LogP contribution in [0, 0.1) is 0 Å². The lowest BCUT2D eigenvalue weighted by atomic mass is 10.1. The molecule has 0 radical (unpaired) electrons. The molecule has 18 heavy (non-hydrogen) atoms. The summed E-state index contributed by atoms with van der Waals surface area (Å²) in [7, 11) is 1.72. The lowest BCUT2D eigenvalue weighted by Crippen LogP contribution is -2.16. The third-order valence-corrected chi connectivity index (χ3v) is 3.52. The molecule has 1 heterocycles. The van der Waals surface area contributed by atoms with Crippen LogP contribution < -0.4 is 10.1 Å². The van der Waals surface area contributed by atoms with Crippen molar-refractivity contribution in [3.63, 3.8) is 0 Å². The first-order chi connectivity index (χ1) is 8.40. The van der Waals surface area contributed by atoms with Crippen molar-refractivity contribution in [3.8, 4) is 5.75 Å². The summed E-state index contributed by atoms with van der Waals surface area (Å²) in [5.41, 5.74) is 1.26. The smallest absolute Gasteiger partial charge is 0.122 e. The molecule has 0 amide bonds. The van der Waals surface area contributed by atoms with E-state index in [2.05, 4.69) is 35.0 Å². The molecule has 0 aliphatic rings. The van der Waals surface area contributed by atoms with Crippen LogP contribution in [0.1, 0.15) is 10.4 Å². The molecule has 98 valence electrons. The van der Waals surface area contributed by atoms with Gasteiger partial charge in [0.05, 0.1) is 7.11 Å². The highest BCUT2D eigenvalue weighted by Crippen LogP contribution is 2.17. The van der Waals surface area contributed by atoms with E-state index in [0.29, 0.717) is 0 Å². The molecule has 2 aromatic rings. The van der Waals surface area contributed by atoms with Crippen molar-refractivity contribution in [1.82, 2.24) is 5.32 Å². The average molecular weight is 284 g/mol. The average Bonchev–Trinajstić information content (AvgIpc) is 2.88. The summed E-state index contributed by atoms with van der Waals surface area (Å²) in [6, 6.07) is 12.4. The first-order valence-electron chi connectivity index (χ1n) is 5.75. The van der Waals surface area contributed by atoms with E-state index in [4.69, 9.17) is 4.74 Å². The van der Waals surface area contributed by atoms with Crippen LogP contribution in [0.4, 0.5) is 0 Å². The van der Waals surface area contributed by atoms with Crippen molar-refractivity contribution in [2.75, 3.05) is 13.7 Å². The zero-order valence-corrected chi connectivity index (χ0v) is 12.0. The van der Waals surface area contributed by atoms with Crippen LogP contribution in [0.25, 0.3) is 0 Å². The molecule has 1 N–H and O–H groups in total. The number of hydrogen-bond donors (Lipinski definition) is 1. The molecule has 2 rings (SSSR count). The molecule has 1 aromatic carbocycles. The van der Waals surface area contributed by atoms with Crippen molar-refractivity contribution < 1.29 is 4.74 Å². The summed E-state index contributed by atoms with van der Waals surface area (Å²) in [5.74, 6) is 0.977. The van der Waals surface area contributed by atoms with E-state index in [1.54, 1.807) is 18.4 Å². The van der Waals surface area contributed by atoms with Gasteiger partial charge in [-0.2, -0.15) is 0 Å². The molecule has 0 saturated heterocycles. The fourth-order valence-electron chi connectivity index (χ4n) is 1.76. The van der Waals surface area contributed by atoms with Crippen LogP contribution in [0.2, 0.25) is 0 Å². The molecule has 0 spiro atoms. The second-order valence-electron chi connectivity index (χ2n) is 3.82. The van der Waals surface area contributed by atoms with Crippen molar-refractivity contribution in [3.05, 3.63) is 52.2 Å². The number of benzene rings is 1. The summed E-state index contributed by atoms with van der Waals surface area (Å²) >= 11 is 1.79. The van der Waals surface area contributed by atoms with Crippen molar-refractivity contribution in [1.29, 1.82) is 0 Å². The summed E-state index contributed by atoms with van der Waals surface area (Å²) in [6.45, 7) is 1.92. The predicted octanol–water partition coefficient (Wildman–Crippen LogP) is 3.51. The van der Waals surface area contributed by atoms with Crippen molar-refractivity contribution in [2.45, 2.75) is 13.0 Å². The maximum absolute atomic E-state index is 5.32. The molecular formula is C14H18ClNOS. The van der Waals surface area contributed by atoms with Gasteiger partial charge in [-0.15, -0.1) is 23.7 Å². The van der Waals surface area contributed by atoms with Gasteiger partial charge in [-0.05, 0) is 36.0 Å². The van der Waals surface area contributed by atoms with Gasteiger partial charge < -0.3 is 10.1 Å². The summed E-state index contributed by atoms with van der Waals surface area (Å²) in [6.07, 6.45) is 0.995. The standard InChI is InChI=1S/C14H17NOS.ClH/c1-16-14-7-3-2-5-12(14)8-9-15-11-13-6-4-10-17-13;/h2-7,10,15H,8-9,11H2,1H3;1H. The van der Waals surface area contributed by atoms with E-state index in [-0.39, 0.29) is 12.4 Å². The molecule has 0 aliphatic carbocycles. The fraction of sp³-hybridized carbons (Fsp3) is 0.286. The largest absolute Gasteiger partial charge is 0.496 e. The number of ether oxygens (including phenoxy) is 1. The lowest BCUT2D eigenvalue weighted by molar-refractivity contribution is 0.409. The normalized spacial score (nSPS) is 9.83. The number of methoxy groups -OCH3 is 1. The van der Waals surface area contributed by atoms with E-state index in [9.17, 15) is 0 Å². The molecule has 0 saturated carbocycles. The van der Waals surface area contributed by atoms with E-state index in [1.807, 2.05) is 12.1 Å². The van der Waals surface area contributed by atoms with E-state index >= 15 is 0 Å². The Morgan fingerprint density at radius 2 is 2.00 bits per heavy atom. The highest BCUT2D eigenvalue weighted by molar-refractivity contribution is 7.09. The first-order valence-corrected chi connectivity index (χ1v) is 6.63. The van der Waals surface area contributed by atoms with E-state index in [0.717, 1.165) is 25.3 Å². The van der Waals surface area contributed by atoms with Crippen LogP contribution in [-0.4, -0.2) is 13.7 Å². The van der Waals surface area contributed by atoms with Crippen molar-refractivity contribution in [2.24, 2.45) is 0 Å². The molecule has 1 aromatic heterocycles. The van der Waals surface area contributed by atoms with Crippen LogP contribution in [-0.2, 0) is 13.0 Å². The Kier molecular flexibility index (Phi) is 6.80. The summed E-state index contributed by atoms with van der Waals surface area (Å²) in [5, 5.41) is 5.55. The molecule has 0 bridgehead atoms. The van der Waals surface area contributed by atoms with Gasteiger partial charge in [0.1, 0.15) is 5.75 Å². The highest BCUT2D eigenvalue weighted by Gasteiger charge is 2.00. The number of rotatable bonds is 6. The van der Waals surface area contributed by atoms with Gasteiger partial charge in [-0.25, -0.2) is 0 Å². The number of thiophene rings is 1. The van der Waals surface area contributed by atoms with Gasteiger partial charge in [0.25, 0.3) is 0 Å². The second-order valence-corrected chi connectivity index (χ2v) is 4.85. The Labute approximate surface area is 118 Å². The van der Waals surface area contributed by atoms with Crippen LogP contribution in [0.5, 0.6) is 5.75 Å². The SMILES string of the molecule is COc1ccccc1CCNCc1cccs1.Cl. The molecule has 0 unspecified atom stereocenters. The molecular weight excluding hydrogens is 266 g/mol. The molecule has 2 nitrogen and oxygen atoms in total. The highest BCUT2D eigenvalue weighted by atomic mass is 35.5. The third-order valence-electron chi connectivity index (χ3n) is 2.64. The van der Waals surface area contributed by atoms with Gasteiger partial charge in [0.15, 0.2) is 0 Å². The monoisotopic (exact) mass is 283 g/mol. The van der Waals surface area contributed by atoms with Gasteiger partial charge in [-0.1, -0.05) is 24.3 Å². The quantitative estimate of drug-likeness (QED) is 0.819. The first kappa shape index (κ1) is 15.0. The number of halogens is 1. The minimum Gasteiger partial charge on any atom is -0.496 e. The minimum atomic E-state index is 0. The van der Waals surface area contributed by atoms with Crippen LogP contribution in [0.3, 0.4) is 0 Å².